The van der Waals surface area contributed by atoms with Crippen molar-refractivity contribution in [2.45, 2.75) is 51.5 Å². The maximum absolute atomic E-state index is 13.4. The van der Waals surface area contributed by atoms with E-state index in [2.05, 4.69) is 25.3 Å². The van der Waals surface area contributed by atoms with Crippen molar-refractivity contribution in [3.63, 3.8) is 0 Å². The number of aromatic nitrogens is 7. The van der Waals surface area contributed by atoms with E-state index >= 15 is 0 Å². The second-order valence-corrected chi connectivity index (χ2v) is 7.72. The number of halogens is 6. The molecule has 0 saturated carbocycles. The lowest BCUT2D eigenvalue weighted by Gasteiger charge is -2.14. The predicted molar refractivity (Wildman–Crippen MR) is 99.0 cm³/mol. The second-order valence-electron chi connectivity index (χ2n) is 7.72. The third kappa shape index (κ3) is 3.72. The molecular formula is C19H15F6N7O. The number of rotatable bonds is 3. The molecule has 0 amide bonds. The van der Waals surface area contributed by atoms with Gasteiger partial charge in [0, 0.05) is 17.0 Å². The highest BCUT2D eigenvalue weighted by atomic mass is 19.4. The van der Waals surface area contributed by atoms with Crippen LogP contribution in [0, 0.1) is 6.92 Å². The van der Waals surface area contributed by atoms with Crippen LogP contribution in [0.25, 0.3) is 17.0 Å². The van der Waals surface area contributed by atoms with Crippen molar-refractivity contribution in [2.75, 3.05) is 0 Å². The fourth-order valence-electron chi connectivity index (χ4n) is 4.03. The van der Waals surface area contributed by atoms with E-state index in [9.17, 15) is 26.3 Å². The third-order valence-corrected chi connectivity index (χ3v) is 5.41. The SMILES string of the molecule is Cc1cc(C(F)(F)F)n2ncc(-c3noc(Cn4nc(C(F)(F)F)c5c4CCCC5)n3)c2n1. The number of aryl methyl sites for hydroxylation is 1. The first-order valence-electron chi connectivity index (χ1n) is 9.93. The Labute approximate surface area is 181 Å². The summed E-state index contributed by atoms with van der Waals surface area (Å²) in [6.07, 6.45) is -6.00. The van der Waals surface area contributed by atoms with E-state index in [0.29, 0.717) is 23.1 Å². The highest BCUT2D eigenvalue weighted by molar-refractivity contribution is 5.72. The van der Waals surface area contributed by atoms with Gasteiger partial charge in [-0.15, -0.1) is 0 Å². The van der Waals surface area contributed by atoms with E-state index in [1.807, 2.05) is 0 Å². The normalized spacial score (nSPS) is 14.8. The Hall–Kier alpha value is -3.45. The van der Waals surface area contributed by atoms with Gasteiger partial charge in [-0.2, -0.15) is 41.5 Å². The molecule has 0 spiro atoms. The first-order valence-corrected chi connectivity index (χ1v) is 9.93. The highest BCUT2D eigenvalue weighted by Gasteiger charge is 2.40. The Kier molecular flexibility index (Phi) is 4.72. The van der Waals surface area contributed by atoms with E-state index in [4.69, 9.17) is 4.52 Å². The zero-order valence-electron chi connectivity index (χ0n) is 17.0. The lowest BCUT2D eigenvalue weighted by Crippen LogP contribution is -2.13. The van der Waals surface area contributed by atoms with E-state index in [0.717, 1.165) is 18.7 Å². The van der Waals surface area contributed by atoms with Gasteiger partial charge in [0.25, 0.3) is 0 Å². The van der Waals surface area contributed by atoms with E-state index in [1.54, 1.807) is 0 Å². The summed E-state index contributed by atoms with van der Waals surface area (Å²) < 4.78 is 87.2. The minimum atomic E-state index is -4.66. The average Bonchev–Trinajstić information content (AvgIpc) is 3.44. The van der Waals surface area contributed by atoms with Crippen LogP contribution < -0.4 is 0 Å². The number of nitrogens with zero attached hydrogens (tertiary/aromatic N) is 7. The van der Waals surface area contributed by atoms with Crippen LogP contribution in [0.15, 0.2) is 16.8 Å². The van der Waals surface area contributed by atoms with Gasteiger partial charge in [0.15, 0.2) is 11.3 Å². The maximum Gasteiger partial charge on any atom is 0.435 e. The molecule has 0 saturated heterocycles. The van der Waals surface area contributed by atoms with Crippen LogP contribution in [0.3, 0.4) is 0 Å². The van der Waals surface area contributed by atoms with Crippen molar-refractivity contribution in [1.29, 1.82) is 0 Å². The Morgan fingerprint density at radius 1 is 1.03 bits per heavy atom. The zero-order chi connectivity index (χ0) is 23.5. The molecule has 0 radical (unpaired) electrons. The van der Waals surface area contributed by atoms with Crippen LogP contribution in [0.2, 0.25) is 0 Å². The van der Waals surface area contributed by atoms with E-state index in [1.165, 1.54) is 11.6 Å². The third-order valence-electron chi connectivity index (χ3n) is 5.41. The molecule has 33 heavy (non-hydrogen) atoms. The molecule has 0 aromatic carbocycles. The zero-order valence-corrected chi connectivity index (χ0v) is 17.0. The molecule has 0 atom stereocenters. The van der Waals surface area contributed by atoms with Gasteiger partial charge in [-0.05, 0) is 38.7 Å². The second kappa shape index (κ2) is 7.28. The summed E-state index contributed by atoms with van der Waals surface area (Å²) in [5.74, 6) is -0.124. The molecule has 0 fully saturated rings. The van der Waals surface area contributed by atoms with Crippen LogP contribution >= 0.6 is 0 Å². The Bertz CT molecular complexity index is 1350. The Morgan fingerprint density at radius 2 is 1.79 bits per heavy atom. The average molecular weight is 471 g/mol. The van der Waals surface area contributed by atoms with Gasteiger partial charge in [-0.1, -0.05) is 5.16 Å². The van der Waals surface area contributed by atoms with Gasteiger partial charge < -0.3 is 4.52 Å². The van der Waals surface area contributed by atoms with Gasteiger partial charge in [0.05, 0.1) is 11.8 Å². The predicted octanol–water partition coefficient (Wildman–Crippen LogP) is 4.25. The van der Waals surface area contributed by atoms with Gasteiger partial charge in [0.1, 0.15) is 12.2 Å². The lowest BCUT2D eigenvalue weighted by molar-refractivity contribution is -0.143. The van der Waals surface area contributed by atoms with Gasteiger partial charge in [-0.3, -0.25) is 4.68 Å². The van der Waals surface area contributed by atoms with Crippen molar-refractivity contribution in [2.24, 2.45) is 0 Å². The molecule has 1 aliphatic rings. The monoisotopic (exact) mass is 471 g/mol. The van der Waals surface area contributed by atoms with Crippen molar-refractivity contribution >= 4 is 5.65 Å². The molecule has 4 aromatic heterocycles. The molecular weight excluding hydrogens is 456 g/mol. The largest absolute Gasteiger partial charge is 0.435 e. The molecule has 4 heterocycles. The van der Waals surface area contributed by atoms with Crippen LogP contribution in [-0.4, -0.2) is 34.5 Å². The number of hydrogen-bond donors (Lipinski definition) is 0. The van der Waals surface area contributed by atoms with Crippen LogP contribution in [-0.2, 0) is 31.7 Å². The minimum Gasteiger partial charge on any atom is -0.337 e. The molecule has 4 aromatic rings. The molecule has 5 rings (SSSR count). The smallest absolute Gasteiger partial charge is 0.337 e. The van der Waals surface area contributed by atoms with Crippen LogP contribution in [0.4, 0.5) is 26.3 Å². The van der Waals surface area contributed by atoms with Crippen molar-refractivity contribution in [3.8, 4) is 11.4 Å². The van der Waals surface area contributed by atoms with Crippen molar-refractivity contribution in [3.05, 3.63) is 46.5 Å². The van der Waals surface area contributed by atoms with Crippen molar-refractivity contribution < 1.29 is 30.9 Å². The lowest BCUT2D eigenvalue weighted by atomic mass is 9.95. The van der Waals surface area contributed by atoms with Gasteiger partial charge in [0.2, 0.25) is 11.7 Å². The molecule has 0 aliphatic heterocycles. The molecule has 0 N–H and O–H groups in total. The van der Waals surface area contributed by atoms with Gasteiger partial charge >= 0.3 is 12.4 Å². The van der Waals surface area contributed by atoms with Crippen LogP contribution in [0.5, 0.6) is 0 Å². The summed E-state index contributed by atoms with van der Waals surface area (Å²) in [7, 11) is 0. The highest BCUT2D eigenvalue weighted by Crippen LogP contribution is 2.36. The topological polar surface area (TPSA) is 86.9 Å². The fourth-order valence-corrected chi connectivity index (χ4v) is 4.03. The van der Waals surface area contributed by atoms with Crippen LogP contribution in [0.1, 0.15) is 47.1 Å². The fraction of sp³-hybridized carbons (Fsp3) is 0.421. The summed E-state index contributed by atoms with van der Waals surface area (Å²) in [4.78, 5) is 8.25. The van der Waals surface area contributed by atoms with Gasteiger partial charge in [-0.25, -0.2) is 9.50 Å². The first kappa shape index (κ1) is 21.4. The summed E-state index contributed by atoms with van der Waals surface area (Å²) in [6, 6.07) is 0.866. The Morgan fingerprint density at radius 3 is 2.52 bits per heavy atom. The minimum absolute atomic E-state index is 0.0438. The summed E-state index contributed by atoms with van der Waals surface area (Å²) in [5.41, 5.74) is -1.19. The molecule has 14 heteroatoms. The molecule has 1 aliphatic carbocycles. The quantitative estimate of drug-likeness (QED) is 0.416. The Balaban J connectivity index is 1.51. The standard InChI is InChI=1S/C19H15F6N7O/c1-9-6-13(18(20,21)22)32-17(27-9)11(7-26-32)16-28-14(33-30-16)8-31-12-5-3-2-4-10(12)15(29-31)19(23,24)25/h6-7H,2-5,8H2,1H3. The molecule has 0 unspecified atom stereocenters. The number of hydrogen-bond acceptors (Lipinski definition) is 6. The maximum atomic E-state index is 13.4. The first-order chi connectivity index (χ1) is 15.5. The number of alkyl halides is 6. The van der Waals surface area contributed by atoms with Crippen molar-refractivity contribution in [1.82, 2.24) is 34.5 Å². The molecule has 0 bridgehead atoms. The molecule has 8 nitrogen and oxygen atoms in total. The summed E-state index contributed by atoms with van der Waals surface area (Å²) >= 11 is 0. The van der Waals surface area contributed by atoms with E-state index < -0.39 is 23.7 Å². The molecule has 174 valence electrons. The summed E-state index contributed by atoms with van der Waals surface area (Å²) in [6.45, 7) is 1.21. The summed E-state index contributed by atoms with van der Waals surface area (Å²) in [5, 5.41) is 11.3. The van der Waals surface area contributed by atoms with E-state index in [-0.39, 0.29) is 47.1 Å². The number of fused-ring (bicyclic) bond motifs is 2.